The van der Waals surface area contributed by atoms with Crippen LogP contribution in [0.1, 0.15) is 53.3 Å². The first kappa shape index (κ1) is 23.0. The highest BCUT2D eigenvalue weighted by Crippen LogP contribution is 2.36. The molecule has 0 aliphatic heterocycles. The van der Waals surface area contributed by atoms with Crippen molar-refractivity contribution in [2.24, 2.45) is 0 Å². The summed E-state index contributed by atoms with van der Waals surface area (Å²) < 4.78 is 16.4. The summed E-state index contributed by atoms with van der Waals surface area (Å²) in [5, 5.41) is 5.20. The fourth-order valence-corrected chi connectivity index (χ4v) is 5.30. The monoisotopic (exact) mass is 474 g/mol. The summed E-state index contributed by atoms with van der Waals surface area (Å²) in [5.74, 6) is 1.42. The molecule has 0 spiro atoms. The molecule has 1 amide bonds. The Kier molecular flexibility index (Phi) is 6.01. The van der Waals surface area contributed by atoms with Crippen LogP contribution in [0.25, 0.3) is 21.9 Å². The van der Waals surface area contributed by atoms with Gasteiger partial charge < -0.3 is 24.2 Å². The summed E-state index contributed by atoms with van der Waals surface area (Å²) >= 11 is 0. The Morgan fingerprint density at radius 1 is 1.11 bits per heavy atom. The number of hydrogen-bond acceptors (Lipinski definition) is 5. The van der Waals surface area contributed by atoms with Crippen molar-refractivity contribution in [3.05, 3.63) is 68.7 Å². The maximum Gasteiger partial charge on any atom is 0.339 e. The van der Waals surface area contributed by atoms with Crippen LogP contribution in [0.2, 0.25) is 0 Å². The van der Waals surface area contributed by atoms with Gasteiger partial charge in [-0.15, -0.1) is 0 Å². The summed E-state index contributed by atoms with van der Waals surface area (Å²) in [4.78, 5) is 29.2. The number of aromatic amines is 1. The zero-order chi connectivity index (χ0) is 24.7. The molecule has 0 fully saturated rings. The number of amides is 1. The van der Waals surface area contributed by atoms with Crippen LogP contribution < -0.4 is 20.4 Å². The van der Waals surface area contributed by atoms with Crippen LogP contribution in [0, 0.1) is 13.8 Å². The number of carbonyl (C=O) groups is 1. The topological polar surface area (TPSA) is 93.6 Å². The van der Waals surface area contributed by atoms with Gasteiger partial charge in [0.05, 0.1) is 20.3 Å². The lowest BCUT2D eigenvalue weighted by Crippen LogP contribution is -2.31. The predicted octanol–water partition coefficient (Wildman–Crippen LogP) is 5.03. The van der Waals surface area contributed by atoms with Gasteiger partial charge in [-0.05, 0) is 81.0 Å². The van der Waals surface area contributed by atoms with Gasteiger partial charge in [0.25, 0.3) is 0 Å². The Labute approximate surface area is 203 Å². The molecule has 1 atom stereocenters. The van der Waals surface area contributed by atoms with Gasteiger partial charge >= 0.3 is 5.63 Å². The van der Waals surface area contributed by atoms with Gasteiger partial charge in [0, 0.05) is 39.5 Å². The number of H-pyrrole nitrogens is 1. The fourth-order valence-electron chi connectivity index (χ4n) is 5.30. The molecular weight excluding hydrogens is 444 g/mol. The largest absolute Gasteiger partial charge is 0.497 e. The van der Waals surface area contributed by atoms with E-state index in [0.29, 0.717) is 23.3 Å². The minimum atomic E-state index is -0.399. The molecule has 35 heavy (non-hydrogen) atoms. The Bertz CT molecular complexity index is 1500. The van der Waals surface area contributed by atoms with E-state index in [9.17, 15) is 9.59 Å². The van der Waals surface area contributed by atoms with Crippen molar-refractivity contribution in [3.8, 4) is 11.5 Å². The molecule has 1 aliphatic carbocycles. The van der Waals surface area contributed by atoms with E-state index in [4.69, 9.17) is 13.9 Å². The molecular formula is C28H30N2O5. The van der Waals surface area contributed by atoms with Crippen LogP contribution >= 0.6 is 0 Å². The minimum Gasteiger partial charge on any atom is -0.497 e. The third-order valence-corrected chi connectivity index (χ3v) is 7.23. The summed E-state index contributed by atoms with van der Waals surface area (Å²) in [5.41, 5.74) is 5.67. The van der Waals surface area contributed by atoms with Gasteiger partial charge in [-0.1, -0.05) is 0 Å². The lowest BCUT2D eigenvalue weighted by atomic mass is 9.91. The van der Waals surface area contributed by atoms with Crippen molar-refractivity contribution >= 4 is 27.8 Å². The molecule has 182 valence electrons. The number of aromatic nitrogens is 1. The molecule has 0 saturated carbocycles. The lowest BCUT2D eigenvalue weighted by molar-refractivity contribution is -0.121. The molecule has 0 bridgehead atoms. The first-order valence-electron chi connectivity index (χ1n) is 12.0. The van der Waals surface area contributed by atoms with Gasteiger partial charge in [-0.2, -0.15) is 0 Å². The molecule has 2 aromatic carbocycles. The normalized spacial score (nSPS) is 15.3. The molecule has 5 rings (SSSR count). The smallest absolute Gasteiger partial charge is 0.339 e. The van der Waals surface area contributed by atoms with Crippen molar-refractivity contribution in [3.63, 3.8) is 0 Å². The average molecular weight is 475 g/mol. The number of ether oxygens (including phenoxy) is 2. The molecule has 2 aromatic heterocycles. The molecule has 4 aromatic rings. The van der Waals surface area contributed by atoms with Crippen LogP contribution in [0.15, 0.2) is 39.5 Å². The molecule has 2 N–H and O–H groups in total. The highest BCUT2D eigenvalue weighted by atomic mass is 16.5. The van der Waals surface area contributed by atoms with Crippen LogP contribution in [0.4, 0.5) is 0 Å². The number of benzene rings is 2. The second-order valence-electron chi connectivity index (χ2n) is 9.20. The summed E-state index contributed by atoms with van der Waals surface area (Å²) in [6, 6.07) is 9.70. The fraction of sp³-hybridized carbons (Fsp3) is 0.357. The molecule has 7 heteroatoms. The Morgan fingerprint density at radius 3 is 2.71 bits per heavy atom. The zero-order valence-corrected chi connectivity index (χ0v) is 20.5. The number of fused-ring (bicyclic) bond motifs is 4. The zero-order valence-electron chi connectivity index (χ0n) is 20.5. The third-order valence-electron chi connectivity index (χ3n) is 7.23. The molecule has 0 unspecified atom stereocenters. The van der Waals surface area contributed by atoms with E-state index in [-0.39, 0.29) is 18.4 Å². The Balaban J connectivity index is 1.35. The maximum atomic E-state index is 12.9. The average Bonchev–Trinajstić information content (AvgIpc) is 3.23. The van der Waals surface area contributed by atoms with Crippen molar-refractivity contribution in [1.29, 1.82) is 0 Å². The second kappa shape index (κ2) is 9.13. The van der Waals surface area contributed by atoms with Crippen LogP contribution in [0.3, 0.4) is 0 Å². The van der Waals surface area contributed by atoms with Crippen molar-refractivity contribution in [2.45, 2.75) is 52.0 Å². The van der Waals surface area contributed by atoms with E-state index in [1.165, 1.54) is 5.56 Å². The van der Waals surface area contributed by atoms with Gasteiger partial charge in [-0.25, -0.2) is 4.79 Å². The van der Waals surface area contributed by atoms with E-state index in [2.05, 4.69) is 10.3 Å². The van der Waals surface area contributed by atoms with Crippen LogP contribution in [-0.4, -0.2) is 25.1 Å². The van der Waals surface area contributed by atoms with Gasteiger partial charge in [0.1, 0.15) is 17.1 Å². The standard InChI is InChI=1S/C28H30N2O5/c1-15-18-9-12-24(34-4)16(2)27(18)35-28(32)19(15)10-13-25(31)29-23-7-5-6-20-21-14-17(33-3)8-11-22(21)30-26(20)23/h8-9,11-12,14,23,30H,5-7,10,13H2,1-4H3,(H,29,31)/t23-/m0/s1. The quantitative estimate of drug-likeness (QED) is 0.382. The van der Waals surface area contributed by atoms with Crippen LogP contribution in [-0.2, 0) is 17.6 Å². The van der Waals surface area contributed by atoms with Gasteiger partial charge in [0.15, 0.2) is 0 Å². The third kappa shape index (κ3) is 4.05. The molecule has 1 aliphatic rings. The van der Waals surface area contributed by atoms with E-state index in [0.717, 1.165) is 58.1 Å². The Morgan fingerprint density at radius 2 is 1.94 bits per heavy atom. The molecule has 2 heterocycles. The number of carbonyl (C=O) groups excluding carboxylic acids is 1. The van der Waals surface area contributed by atoms with Crippen LogP contribution in [0.5, 0.6) is 11.5 Å². The number of hydrogen-bond donors (Lipinski definition) is 2. The van der Waals surface area contributed by atoms with E-state index >= 15 is 0 Å². The number of aryl methyl sites for hydroxylation is 3. The lowest BCUT2D eigenvalue weighted by Gasteiger charge is -2.24. The number of nitrogens with one attached hydrogen (secondary N) is 2. The van der Waals surface area contributed by atoms with Crippen molar-refractivity contribution in [2.75, 3.05) is 14.2 Å². The molecule has 7 nitrogen and oxygen atoms in total. The number of methoxy groups -OCH3 is 2. The van der Waals surface area contributed by atoms with Gasteiger partial charge in [0.2, 0.25) is 5.91 Å². The van der Waals surface area contributed by atoms with E-state index in [1.54, 1.807) is 14.2 Å². The van der Waals surface area contributed by atoms with E-state index < -0.39 is 5.63 Å². The number of rotatable bonds is 6. The summed E-state index contributed by atoms with van der Waals surface area (Å²) in [7, 11) is 3.26. The molecule has 0 saturated heterocycles. The second-order valence-corrected chi connectivity index (χ2v) is 9.20. The first-order chi connectivity index (χ1) is 16.9. The van der Waals surface area contributed by atoms with Gasteiger partial charge in [-0.3, -0.25) is 4.79 Å². The minimum absolute atomic E-state index is 0.0751. The summed E-state index contributed by atoms with van der Waals surface area (Å²) in [6.45, 7) is 3.78. The summed E-state index contributed by atoms with van der Waals surface area (Å²) in [6.07, 6.45) is 3.38. The first-order valence-corrected chi connectivity index (χ1v) is 12.0. The Hall–Kier alpha value is -3.74. The van der Waals surface area contributed by atoms with Crippen molar-refractivity contribution in [1.82, 2.24) is 10.3 Å². The van der Waals surface area contributed by atoms with Crippen molar-refractivity contribution < 1.29 is 18.7 Å². The van der Waals surface area contributed by atoms with E-state index in [1.807, 2.05) is 44.2 Å². The highest BCUT2D eigenvalue weighted by Gasteiger charge is 2.26. The molecule has 0 radical (unpaired) electrons. The SMILES string of the molecule is COc1ccc2[nH]c3c(c2c1)CCC[C@@H]3NC(=O)CCc1c(C)c2ccc(OC)c(C)c2oc1=O. The predicted molar refractivity (Wildman–Crippen MR) is 136 cm³/mol. The maximum absolute atomic E-state index is 12.9. The highest BCUT2D eigenvalue weighted by molar-refractivity contribution is 5.87.